The molecule has 0 aromatic carbocycles. The standard InChI is InChI=1S/C12H24N2/c1-4-12(5-2)9-14(3)11(8-13-12)10-6-7-10/h10-11,13H,4-9H2,1-3H3. The fourth-order valence-electron chi connectivity index (χ4n) is 2.86. The van der Waals surface area contributed by atoms with Crippen LogP contribution < -0.4 is 5.32 Å². The molecule has 2 fully saturated rings. The van der Waals surface area contributed by atoms with Gasteiger partial charge in [0.1, 0.15) is 0 Å². The van der Waals surface area contributed by atoms with E-state index in [1.807, 2.05) is 0 Å². The van der Waals surface area contributed by atoms with Gasteiger partial charge in [-0.05, 0) is 38.6 Å². The van der Waals surface area contributed by atoms with Crippen molar-refractivity contribution in [3.63, 3.8) is 0 Å². The van der Waals surface area contributed by atoms with Crippen LogP contribution in [-0.2, 0) is 0 Å². The van der Waals surface area contributed by atoms with Crippen molar-refractivity contribution in [2.75, 3.05) is 20.1 Å². The van der Waals surface area contributed by atoms with E-state index in [1.165, 1.54) is 38.8 Å². The minimum absolute atomic E-state index is 0.403. The Bertz CT molecular complexity index is 194. The molecular formula is C12H24N2. The summed E-state index contributed by atoms with van der Waals surface area (Å²) in [5.41, 5.74) is 0.403. The molecule has 2 rings (SSSR count). The zero-order valence-electron chi connectivity index (χ0n) is 9.84. The summed E-state index contributed by atoms with van der Waals surface area (Å²) in [6.45, 7) is 7.06. The normalized spacial score (nSPS) is 33.2. The minimum Gasteiger partial charge on any atom is -0.308 e. The molecule has 1 heterocycles. The van der Waals surface area contributed by atoms with Crippen LogP contribution >= 0.6 is 0 Å². The van der Waals surface area contributed by atoms with Crippen molar-refractivity contribution in [3.05, 3.63) is 0 Å². The molecule has 1 aliphatic carbocycles. The number of likely N-dealkylation sites (N-methyl/N-ethyl adjacent to an activating group) is 1. The van der Waals surface area contributed by atoms with E-state index in [0.717, 1.165) is 12.0 Å². The van der Waals surface area contributed by atoms with Gasteiger partial charge < -0.3 is 10.2 Å². The molecule has 0 spiro atoms. The Balaban J connectivity index is 1.96. The average Bonchev–Trinajstić information content (AvgIpc) is 3.01. The smallest absolute Gasteiger partial charge is 0.0304 e. The molecule has 1 aliphatic heterocycles. The predicted molar refractivity (Wildman–Crippen MR) is 60.5 cm³/mol. The lowest BCUT2D eigenvalue weighted by Crippen LogP contribution is -2.63. The summed E-state index contributed by atoms with van der Waals surface area (Å²) in [5, 5.41) is 3.79. The summed E-state index contributed by atoms with van der Waals surface area (Å²) in [4.78, 5) is 2.60. The van der Waals surface area contributed by atoms with Gasteiger partial charge in [-0.3, -0.25) is 0 Å². The lowest BCUT2D eigenvalue weighted by Gasteiger charge is -2.46. The number of hydrogen-bond donors (Lipinski definition) is 1. The summed E-state index contributed by atoms with van der Waals surface area (Å²) in [6.07, 6.45) is 5.43. The molecule has 2 heteroatoms. The fraction of sp³-hybridized carbons (Fsp3) is 1.00. The number of hydrogen-bond acceptors (Lipinski definition) is 2. The first-order valence-electron chi connectivity index (χ1n) is 6.16. The summed E-state index contributed by atoms with van der Waals surface area (Å²) in [7, 11) is 2.31. The third-order valence-electron chi connectivity index (χ3n) is 4.32. The van der Waals surface area contributed by atoms with Crippen molar-refractivity contribution in [3.8, 4) is 0 Å². The SMILES string of the molecule is CCC1(CC)CN(C)C(C2CC2)CN1. The third-order valence-corrected chi connectivity index (χ3v) is 4.32. The van der Waals surface area contributed by atoms with Crippen LogP contribution in [0, 0.1) is 5.92 Å². The second kappa shape index (κ2) is 3.82. The zero-order chi connectivity index (χ0) is 10.2. The lowest BCUT2D eigenvalue weighted by atomic mass is 9.88. The van der Waals surface area contributed by atoms with E-state index in [1.54, 1.807) is 0 Å². The molecule has 1 unspecified atom stereocenters. The maximum atomic E-state index is 3.79. The van der Waals surface area contributed by atoms with Gasteiger partial charge in [0.05, 0.1) is 0 Å². The largest absolute Gasteiger partial charge is 0.308 e. The van der Waals surface area contributed by atoms with Gasteiger partial charge in [-0.15, -0.1) is 0 Å². The molecule has 14 heavy (non-hydrogen) atoms. The third kappa shape index (κ3) is 1.82. The van der Waals surface area contributed by atoms with E-state index in [9.17, 15) is 0 Å². The van der Waals surface area contributed by atoms with Crippen LogP contribution in [0.3, 0.4) is 0 Å². The Morgan fingerprint density at radius 1 is 1.29 bits per heavy atom. The van der Waals surface area contributed by atoms with Gasteiger partial charge in [0, 0.05) is 24.7 Å². The second-order valence-corrected chi connectivity index (χ2v) is 5.19. The zero-order valence-corrected chi connectivity index (χ0v) is 9.84. The van der Waals surface area contributed by atoms with E-state index < -0.39 is 0 Å². The Hall–Kier alpha value is -0.0800. The molecule has 0 aromatic rings. The first-order valence-corrected chi connectivity index (χ1v) is 6.16. The molecule has 0 aromatic heterocycles. The van der Waals surface area contributed by atoms with Crippen LogP contribution in [0.1, 0.15) is 39.5 Å². The minimum atomic E-state index is 0.403. The molecule has 1 atom stereocenters. The van der Waals surface area contributed by atoms with E-state index in [2.05, 4.69) is 31.1 Å². The highest BCUT2D eigenvalue weighted by Crippen LogP contribution is 2.37. The van der Waals surface area contributed by atoms with Crippen LogP contribution in [0.5, 0.6) is 0 Å². The topological polar surface area (TPSA) is 15.3 Å². The summed E-state index contributed by atoms with van der Waals surface area (Å²) in [6, 6.07) is 0.821. The number of nitrogens with zero attached hydrogens (tertiary/aromatic N) is 1. The van der Waals surface area contributed by atoms with Crippen LogP contribution in [-0.4, -0.2) is 36.6 Å². The monoisotopic (exact) mass is 196 g/mol. The first-order chi connectivity index (χ1) is 6.71. The quantitative estimate of drug-likeness (QED) is 0.741. The highest BCUT2D eigenvalue weighted by molar-refractivity contribution is 5.00. The first kappa shape index (κ1) is 10.4. The van der Waals surface area contributed by atoms with Crippen molar-refractivity contribution < 1.29 is 0 Å². The van der Waals surface area contributed by atoms with Crippen LogP contribution in [0.25, 0.3) is 0 Å². The average molecular weight is 196 g/mol. The highest BCUT2D eigenvalue weighted by Gasteiger charge is 2.41. The maximum Gasteiger partial charge on any atom is 0.0304 e. The van der Waals surface area contributed by atoms with Gasteiger partial charge >= 0.3 is 0 Å². The van der Waals surface area contributed by atoms with Crippen LogP contribution in [0.4, 0.5) is 0 Å². The number of rotatable bonds is 3. The molecule has 1 N–H and O–H groups in total. The molecule has 2 nitrogen and oxygen atoms in total. The molecular weight excluding hydrogens is 172 g/mol. The number of nitrogens with one attached hydrogen (secondary N) is 1. The molecule has 1 saturated heterocycles. The fourth-order valence-corrected chi connectivity index (χ4v) is 2.86. The Kier molecular flexibility index (Phi) is 2.85. The Labute approximate surface area is 88.1 Å². The summed E-state index contributed by atoms with van der Waals surface area (Å²) in [5.74, 6) is 0.999. The summed E-state index contributed by atoms with van der Waals surface area (Å²) < 4.78 is 0. The molecule has 0 amide bonds. The van der Waals surface area contributed by atoms with Gasteiger partial charge in [-0.2, -0.15) is 0 Å². The van der Waals surface area contributed by atoms with Crippen molar-refractivity contribution in [2.24, 2.45) is 5.92 Å². The predicted octanol–water partition coefficient (Wildman–Crippen LogP) is 1.86. The highest BCUT2D eigenvalue weighted by atomic mass is 15.2. The van der Waals surface area contributed by atoms with Gasteiger partial charge in [-0.1, -0.05) is 13.8 Å². The van der Waals surface area contributed by atoms with Crippen LogP contribution in [0.2, 0.25) is 0 Å². The molecule has 1 saturated carbocycles. The van der Waals surface area contributed by atoms with Crippen molar-refractivity contribution in [1.29, 1.82) is 0 Å². The van der Waals surface area contributed by atoms with Crippen molar-refractivity contribution >= 4 is 0 Å². The molecule has 82 valence electrons. The molecule has 0 radical (unpaired) electrons. The Morgan fingerprint density at radius 2 is 1.93 bits per heavy atom. The van der Waals surface area contributed by atoms with E-state index in [4.69, 9.17) is 0 Å². The van der Waals surface area contributed by atoms with E-state index in [0.29, 0.717) is 5.54 Å². The van der Waals surface area contributed by atoms with Crippen LogP contribution in [0.15, 0.2) is 0 Å². The van der Waals surface area contributed by atoms with E-state index in [-0.39, 0.29) is 0 Å². The summed E-state index contributed by atoms with van der Waals surface area (Å²) >= 11 is 0. The van der Waals surface area contributed by atoms with Gasteiger partial charge in [0.25, 0.3) is 0 Å². The molecule has 2 aliphatic rings. The lowest BCUT2D eigenvalue weighted by molar-refractivity contribution is 0.0849. The maximum absolute atomic E-state index is 3.79. The van der Waals surface area contributed by atoms with Gasteiger partial charge in [0.15, 0.2) is 0 Å². The van der Waals surface area contributed by atoms with Crippen molar-refractivity contribution in [1.82, 2.24) is 10.2 Å². The molecule has 0 bridgehead atoms. The van der Waals surface area contributed by atoms with Gasteiger partial charge in [-0.25, -0.2) is 0 Å². The Morgan fingerprint density at radius 3 is 2.36 bits per heavy atom. The number of piperazine rings is 1. The van der Waals surface area contributed by atoms with E-state index >= 15 is 0 Å². The second-order valence-electron chi connectivity index (χ2n) is 5.19. The van der Waals surface area contributed by atoms with Crippen molar-refractivity contribution in [2.45, 2.75) is 51.1 Å². The van der Waals surface area contributed by atoms with Gasteiger partial charge in [0.2, 0.25) is 0 Å².